The lowest BCUT2D eigenvalue weighted by Crippen LogP contribution is -2.25. The number of benzene rings is 2. The van der Waals surface area contributed by atoms with E-state index in [2.05, 4.69) is 15.9 Å². The molecule has 4 nitrogen and oxygen atoms in total. The molecular formula is C18H18BrNO3. The minimum atomic E-state index is -0.214. The molecule has 0 aromatic heterocycles. The van der Waals surface area contributed by atoms with Crippen LogP contribution in [-0.4, -0.2) is 27.2 Å². The molecule has 0 saturated carbocycles. The molecule has 0 unspecified atom stereocenters. The molecule has 0 N–H and O–H groups in total. The van der Waals surface area contributed by atoms with Crippen molar-refractivity contribution in [3.8, 4) is 11.5 Å². The van der Waals surface area contributed by atoms with Crippen LogP contribution in [0.25, 0.3) is 0 Å². The van der Waals surface area contributed by atoms with Gasteiger partial charge in [-0.2, -0.15) is 0 Å². The fourth-order valence-electron chi connectivity index (χ4n) is 3.05. The third-order valence-corrected chi connectivity index (χ3v) is 4.76. The van der Waals surface area contributed by atoms with Crippen molar-refractivity contribution in [2.45, 2.75) is 12.3 Å². The minimum absolute atomic E-state index is 0.1000. The van der Waals surface area contributed by atoms with E-state index in [1.165, 1.54) is 0 Å². The fraction of sp³-hybridized carbons (Fsp3) is 0.278. The van der Waals surface area contributed by atoms with E-state index in [4.69, 9.17) is 9.47 Å². The van der Waals surface area contributed by atoms with Crippen molar-refractivity contribution in [1.29, 1.82) is 0 Å². The Morgan fingerprint density at radius 3 is 2.61 bits per heavy atom. The summed E-state index contributed by atoms with van der Waals surface area (Å²) in [6, 6.07) is 11.6. The molecule has 120 valence electrons. The number of anilines is 1. The maximum absolute atomic E-state index is 12.7. The van der Waals surface area contributed by atoms with Crippen LogP contribution in [0.15, 0.2) is 40.9 Å². The molecule has 1 aliphatic heterocycles. The Kier molecular flexibility index (Phi) is 4.31. The maximum Gasteiger partial charge on any atom is 0.234 e. The first-order chi connectivity index (χ1) is 11.0. The zero-order chi connectivity index (χ0) is 16.6. The van der Waals surface area contributed by atoms with Crippen LogP contribution < -0.4 is 14.4 Å². The second kappa shape index (κ2) is 6.24. The van der Waals surface area contributed by atoms with Gasteiger partial charge in [0.15, 0.2) is 0 Å². The molecule has 2 aromatic rings. The van der Waals surface area contributed by atoms with Gasteiger partial charge in [0.2, 0.25) is 5.91 Å². The van der Waals surface area contributed by atoms with Crippen LogP contribution in [0.2, 0.25) is 0 Å². The number of amides is 1. The zero-order valence-corrected chi connectivity index (χ0v) is 14.9. The van der Waals surface area contributed by atoms with Gasteiger partial charge in [-0.1, -0.05) is 15.9 Å². The van der Waals surface area contributed by atoms with E-state index < -0.39 is 0 Å². The molecule has 0 aliphatic carbocycles. The van der Waals surface area contributed by atoms with Crippen LogP contribution in [0.1, 0.15) is 17.0 Å². The van der Waals surface area contributed by atoms with Gasteiger partial charge in [0.1, 0.15) is 11.5 Å². The number of likely N-dealkylation sites (N-methyl/N-ethyl adjacent to an activating group) is 1. The molecule has 3 rings (SSSR count). The molecule has 0 bridgehead atoms. The lowest BCUT2D eigenvalue weighted by molar-refractivity contribution is -0.119. The van der Waals surface area contributed by atoms with Crippen molar-refractivity contribution in [3.63, 3.8) is 0 Å². The molecule has 23 heavy (non-hydrogen) atoms. The topological polar surface area (TPSA) is 38.8 Å². The smallest absolute Gasteiger partial charge is 0.234 e. The number of carbonyl (C=O) groups is 1. The number of halogens is 1. The number of hydrogen-bond donors (Lipinski definition) is 0. The van der Waals surface area contributed by atoms with Gasteiger partial charge in [0.05, 0.1) is 20.1 Å². The molecule has 0 fully saturated rings. The second-order valence-electron chi connectivity index (χ2n) is 5.53. The number of ether oxygens (including phenoxy) is 2. The number of nitrogens with zero attached hydrogens (tertiary/aromatic N) is 1. The van der Waals surface area contributed by atoms with E-state index >= 15 is 0 Å². The molecular weight excluding hydrogens is 358 g/mol. The zero-order valence-electron chi connectivity index (χ0n) is 13.3. The minimum Gasteiger partial charge on any atom is -0.497 e. The van der Waals surface area contributed by atoms with Gasteiger partial charge in [-0.05, 0) is 53.9 Å². The molecule has 0 spiro atoms. The number of fused-ring (bicyclic) bond motifs is 1. The highest BCUT2D eigenvalue weighted by atomic mass is 79.9. The Morgan fingerprint density at radius 1 is 1.13 bits per heavy atom. The lowest BCUT2D eigenvalue weighted by atomic mass is 9.92. The summed E-state index contributed by atoms with van der Waals surface area (Å²) in [5.41, 5.74) is 2.97. The number of carbonyl (C=O) groups excluding carboxylic acids is 1. The summed E-state index contributed by atoms with van der Waals surface area (Å²) in [7, 11) is 5.09. The van der Waals surface area contributed by atoms with Gasteiger partial charge in [0.25, 0.3) is 0 Å². The van der Waals surface area contributed by atoms with Crippen molar-refractivity contribution in [1.82, 2.24) is 0 Å². The summed E-state index contributed by atoms with van der Waals surface area (Å²) in [5.74, 6) is 1.41. The van der Waals surface area contributed by atoms with E-state index in [0.717, 1.165) is 32.8 Å². The summed E-state index contributed by atoms with van der Waals surface area (Å²) in [4.78, 5) is 14.4. The van der Waals surface area contributed by atoms with Crippen molar-refractivity contribution in [3.05, 3.63) is 52.0 Å². The standard InChI is InChI=1S/C18H18BrNO3/c1-20-16-6-4-12(19)10-14(16)15(18(20)21)9-11-8-13(22-2)5-7-17(11)23-3/h4-8,10,15H,9H2,1-3H3/t15-/m0/s1. The predicted molar refractivity (Wildman–Crippen MR) is 93.5 cm³/mol. The summed E-state index contributed by atoms with van der Waals surface area (Å²) >= 11 is 3.49. The summed E-state index contributed by atoms with van der Waals surface area (Å²) in [6.07, 6.45) is 0.576. The number of methoxy groups -OCH3 is 2. The first-order valence-corrected chi connectivity index (χ1v) is 8.12. The van der Waals surface area contributed by atoms with Gasteiger partial charge in [-0.3, -0.25) is 4.79 Å². The quantitative estimate of drug-likeness (QED) is 0.816. The first kappa shape index (κ1) is 15.9. The third kappa shape index (κ3) is 2.81. The van der Waals surface area contributed by atoms with Crippen LogP contribution in [0, 0.1) is 0 Å². The van der Waals surface area contributed by atoms with Crippen LogP contribution in [0.5, 0.6) is 11.5 Å². The molecule has 0 saturated heterocycles. The van der Waals surface area contributed by atoms with Crippen molar-refractivity contribution < 1.29 is 14.3 Å². The highest BCUT2D eigenvalue weighted by Gasteiger charge is 2.35. The fourth-order valence-corrected chi connectivity index (χ4v) is 3.43. The normalized spacial score (nSPS) is 16.4. The maximum atomic E-state index is 12.7. The predicted octanol–water partition coefficient (Wildman–Crippen LogP) is 3.77. The van der Waals surface area contributed by atoms with Crippen LogP contribution >= 0.6 is 15.9 Å². The largest absolute Gasteiger partial charge is 0.497 e. The van der Waals surface area contributed by atoms with Crippen LogP contribution in [-0.2, 0) is 11.2 Å². The molecule has 1 aliphatic rings. The Bertz CT molecular complexity index is 760. The third-order valence-electron chi connectivity index (χ3n) is 4.27. The lowest BCUT2D eigenvalue weighted by Gasteiger charge is -2.14. The van der Waals surface area contributed by atoms with Gasteiger partial charge >= 0.3 is 0 Å². The monoisotopic (exact) mass is 375 g/mol. The second-order valence-corrected chi connectivity index (χ2v) is 6.45. The summed E-state index contributed by atoms with van der Waals surface area (Å²) in [5, 5.41) is 0. The number of rotatable bonds is 4. The van der Waals surface area contributed by atoms with Crippen molar-refractivity contribution in [2.75, 3.05) is 26.2 Å². The highest BCUT2D eigenvalue weighted by Crippen LogP contribution is 2.41. The van der Waals surface area contributed by atoms with Crippen molar-refractivity contribution in [2.24, 2.45) is 0 Å². The van der Waals surface area contributed by atoms with Crippen LogP contribution in [0.4, 0.5) is 5.69 Å². The highest BCUT2D eigenvalue weighted by molar-refractivity contribution is 9.10. The van der Waals surface area contributed by atoms with E-state index in [-0.39, 0.29) is 11.8 Å². The average molecular weight is 376 g/mol. The average Bonchev–Trinajstić information content (AvgIpc) is 2.79. The Balaban J connectivity index is 2.01. The van der Waals surface area contributed by atoms with Gasteiger partial charge in [-0.25, -0.2) is 0 Å². The van der Waals surface area contributed by atoms with Gasteiger partial charge < -0.3 is 14.4 Å². The van der Waals surface area contributed by atoms with E-state index in [0.29, 0.717) is 6.42 Å². The Morgan fingerprint density at radius 2 is 1.91 bits per heavy atom. The molecule has 2 aromatic carbocycles. The molecule has 1 heterocycles. The first-order valence-electron chi connectivity index (χ1n) is 7.33. The van der Waals surface area contributed by atoms with E-state index in [1.807, 2.05) is 43.4 Å². The van der Waals surface area contributed by atoms with E-state index in [1.54, 1.807) is 19.1 Å². The molecule has 1 amide bonds. The Hall–Kier alpha value is -2.01. The SMILES string of the molecule is COc1ccc(OC)c(C[C@@H]2C(=O)N(C)c3ccc(Br)cc32)c1. The number of hydrogen-bond acceptors (Lipinski definition) is 3. The summed E-state index contributed by atoms with van der Waals surface area (Å²) in [6.45, 7) is 0. The summed E-state index contributed by atoms with van der Waals surface area (Å²) < 4.78 is 11.7. The molecule has 5 heteroatoms. The van der Waals surface area contributed by atoms with Crippen LogP contribution in [0.3, 0.4) is 0 Å². The van der Waals surface area contributed by atoms with Crippen molar-refractivity contribution >= 4 is 27.5 Å². The van der Waals surface area contributed by atoms with Gasteiger partial charge in [-0.15, -0.1) is 0 Å². The Labute approximate surface area is 144 Å². The molecule has 1 atom stereocenters. The molecule has 0 radical (unpaired) electrons. The van der Waals surface area contributed by atoms with Gasteiger partial charge in [0, 0.05) is 17.2 Å². The van der Waals surface area contributed by atoms with E-state index in [9.17, 15) is 4.79 Å².